The van der Waals surface area contributed by atoms with Crippen molar-refractivity contribution in [3.05, 3.63) is 59.7 Å². The Morgan fingerprint density at radius 1 is 1.14 bits per heavy atom. The topological polar surface area (TPSA) is 55.4 Å². The summed E-state index contributed by atoms with van der Waals surface area (Å²) in [6.07, 6.45) is 1.07. The van der Waals surface area contributed by atoms with E-state index in [4.69, 9.17) is 4.74 Å². The Bertz CT molecular complexity index is 653. The van der Waals surface area contributed by atoms with E-state index in [1.165, 1.54) is 0 Å². The van der Waals surface area contributed by atoms with Crippen LogP contribution in [0.2, 0.25) is 0 Å². The van der Waals surface area contributed by atoms with Gasteiger partial charge in [0, 0.05) is 22.4 Å². The van der Waals surface area contributed by atoms with Gasteiger partial charge in [0.05, 0.1) is 10.8 Å². The van der Waals surface area contributed by atoms with Crippen molar-refractivity contribution < 1.29 is 13.7 Å². The number of rotatable bonds is 4. The minimum absolute atomic E-state index is 0.0907. The number of anilines is 1. The molecule has 2 aromatic carbocycles. The molecule has 0 fully saturated rings. The summed E-state index contributed by atoms with van der Waals surface area (Å²) >= 11 is 0. The summed E-state index contributed by atoms with van der Waals surface area (Å²) in [4.78, 5) is 12.4. The fourth-order valence-corrected chi connectivity index (χ4v) is 2.60. The molecule has 0 aromatic heterocycles. The molecule has 21 heavy (non-hydrogen) atoms. The van der Waals surface area contributed by atoms with Crippen LogP contribution in [0.5, 0.6) is 0 Å². The van der Waals surface area contributed by atoms with E-state index < -0.39 is 16.9 Å². The highest BCUT2D eigenvalue weighted by molar-refractivity contribution is 7.84. The van der Waals surface area contributed by atoms with Crippen molar-refractivity contribution in [2.24, 2.45) is 0 Å². The van der Waals surface area contributed by atoms with Crippen LogP contribution in [-0.2, 0) is 22.1 Å². The third-order valence-electron chi connectivity index (χ3n) is 2.94. The molecular formula is C16H17NO3S. The van der Waals surface area contributed by atoms with Gasteiger partial charge in [0.15, 0.2) is 0 Å². The van der Waals surface area contributed by atoms with Crippen molar-refractivity contribution in [3.8, 4) is 0 Å². The molecule has 0 heterocycles. The van der Waals surface area contributed by atoms with Gasteiger partial charge >= 0.3 is 6.09 Å². The molecule has 0 radical (unpaired) electrons. The monoisotopic (exact) mass is 303 g/mol. The molecule has 0 unspecified atom stereocenters. The van der Waals surface area contributed by atoms with Gasteiger partial charge in [-0.3, -0.25) is 9.53 Å². The van der Waals surface area contributed by atoms with Crippen LogP contribution in [0.3, 0.4) is 0 Å². The van der Waals surface area contributed by atoms with Crippen molar-refractivity contribution in [2.75, 3.05) is 11.6 Å². The molecule has 1 N–H and O–H groups in total. The summed E-state index contributed by atoms with van der Waals surface area (Å²) in [5, 5.41) is 2.65. The van der Waals surface area contributed by atoms with E-state index in [2.05, 4.69) is 5.32 Å². The molecule has 0 aliphatic carbocycles. The smallest absolute Gasteiger partial charge is 0.411 e. The lowest BCUT2D eigenvalue weighted by molar-refractivity contribution is 0.154. The van der Waals surface area contributed by atoms with Crippen molar-refractivity contribution in [1.29, 1.82) is 0 Å². The zero-order valence-electron chi connectivity index (χ0n) is 12.0. The standard InChI is InChI=1S/C16H17NO3S/c1-12-7-9-14(10-8-12)17-16(18)20-11-13-5-3-4-6-15(13)21(2)19/h3-10H,11H2,1-2H3,(H,17,18)/t21-/m1/s1. The Hall–Kier alpha value is -2.14. The maximum Gasteiger partial charge on any atom is 0.411 e. The van der Waals surface area contributed by atoms with Gasteiger partial charge in [-0.15, -0.1) is 0 Å². The van der Waals surface area contributed by atoms with Crippen molar-refractivity contribution in [3.63, 3.8) is 0 Å². The maximum absolute atomic E-state index is 11.7. The van der Waals surface area contributed by atoms with Gasteiger partial charge in [-0.05, 0) is 25.1 Å². The zero-order chi connectivity index (χ0) is 15.2. The SMILES string of the molecule is Cc1ccc(NC(=O)OCc2ccccc2[S@@](C)=O)cc1. The molecule has 0 aliphatic rings. The van der Waals surface area contributed by atoms with Crippen LogP contribution in [0.4, 0.5) is 10.5 Å². The zero-order valence-corrected chi connectivity index (χ0v) is 12.8. The van der Waals surface area contributed by atoms with Crippen LogP contribution in [-0.4, -0.2) is 16.6 Å². The highest BCUT2D eigenvalue weighted by atomic mass is 32.2. The quantitative estimate of drug-likeness (QED) is 0.940. The Labute approximate surface area is 126 Å². The first-order valence-corrected chi connectivity index (χ1v) is 8.04. The van der Waals surface area contributed by atoms with Gasteiger partial charge in [-0.2, -0.15) is 0 Å². The average molecular weight is 303 g/mol. The number of nitrogens with one attached hydrogen (secondary N) is 1. The fourth-order valence-electron chi connectivity index (χ4n) is 1.84. The minimum Gasteiger partial charge on any atom is -0.444 e. The largest absolute Gasteiger partial charge is 0.444 e. The van der Waals surface area contributed by atoms with Crippen molar-refractivity contribution in [2.45, 2.75) is 18.4 Å². The average Bonchev–Trinajstić information content (AvgIpc) is 2.48. The van der Waals surface area contributed by atoms with E-state index >= 15 is 0 Å². The number of carbonyl (C=O) groups excluding carboxylic acids is 1. The third kappa shape index (κ3) is 4.43. The van der Waals surface area contributed by atoms with E-state index in [-0.39, 0.29) is 6.61 Å². The molecule has 0 saturated carbocycles. The first-order valence-electron chi connectivity index (χ1n) is 6.48. The van der Waals surface area contributed by atoms with Gasteiger partial charge in [0.1, 0.15) is 6.61 Å². The second-order valence-electron chi connectivity index (χ2n) is 4.63. The lowest BCUT2D eigenvalue weighted by atomic mass is 10.2. The number of amides is 1. The summed E-state index contributed by atoms with van der Waals surface area (Å²) in [7, 11) is -1.11. The molecule has 4 nitrogen and oxygen atoms in total. The van der Waals surface area contributed by atoms with Crippen LogP contribution < -0.4 is 5.32 Å². The Kier molecular flexibility index (Phi) is 5.11. The van der Waals surface area contributed by atoms with E-state index in [0.29, 0.717) is 10.6 Å². The number of hydrogen-bond acceptors (Lipinski definition) is 3. The molecule has 0 bridgehead atoms. The van der Waals surface area contributed by atoms with E-state index in [1.807, 2.05) is 43.3 Å². The first kappa shape index (κ1) is 15.3. The Morgan fingerprint density at radius 3 is 2.48 bits per heavy atom. The van der Waals surface area contributed by atoms with Crippen molar-refractivity contribution in [1.82, 2.24) is 0 Å². The highest BCUT2D eigenvalue weighted by Crippen LogP contribution is 2.14. The predicted molar refractivity (Wildman–Crippen MR) is 83.8 cm³/mol. The molecule has 110 valence electrons. The summed E-state index contributed by atoms with van der Waals surface area (Å²) in [6.45, 7) is 2.07. The third-order valence-corrected chi connectivity index (χ3v) is 3.96. The molecule has 2 rings (SSSR count). The van der Waals surface area contributed by atoms with Gasteiger partial charge in [0.25, 0.3) is 0 Å². The van der Waals surface area contributed by atoms with Crippen LogP contribution in [0.1, 0.15) is 11.1 Å². The van der Waals surface area contributed by atoms with E-state index in [1.54, 1.807) is 18.4 Å². The van der Waals surface area contributed by atoms with Crippen molar-refractivity contribution >= 4 is 22.6 Å². The first-order chi connectivity index (χ1) is 10.1. The van der Waals surface area contributed by atoms with Crippen LogP contribution in [0.25, 0.3) is 0 Å². The summed E-state index contributed by atoms with van der Waals surface area (Å²) in [6, 6.07) is 14.6. The highest BCUT2D eigenvalue weighted by Gasteiger charge is 2.08. The number of ether oxygens (including phenoxy) is 1. The molecule has 1 atom stereocenters. The minimum atomic E-state index is -1.11. The predicted octanol–water partition coefficient (Wildman–Crippen LogP) is 3.48. The van der Waals surface area contributed by atoms with E-state index in [9.17, 15) is 9.00 Å². The summed E-state index contributed by atoms with van der Waals surface area (Å²) in [5.41, 5.74) is 2.55. The molecule has 5 heteroatoms. The summed E-state index contributed by atoms with van der Waals surface area (Å²) in [5.74, 6) is 0. The second kappa shape index (κ2) is 7.04. The lowest BCUT2D eigenvalue weighted by Gasteiger charge is -2.09. The van der Waals surface area contributed by atoms with E-state index in [0.717, 1.165) is 11.1 Å². The maximum atomic E-state index is 11.7. The normalized spacial score (nSPS) is 11.7. The van der Waals surface area contributed by atoms with Gasteiger partial charge in [-0.25, -0.2) is 4.79 Å². The molecule has 1 amide bonds. The van der Waals surface area contributed by atoms with Gasteiger partial charge in [-0.1, -0.05) is 35.9 Å². The molecule has 0 saturated heterocycles. The fraction of sp³-hybridized carbons (Fsp3) is 0.188. The molecule has 0 spiro atoms. The number of benzene rings is 2. The Balaban J connectivity index is 1.95. The number of hydrogen-bond donors (Lipinski definition) is 1. The van der Waals surface area contributed by atoms with Crippen LogP contribution in [0.15, 0.2) is 53.4 Å². The number of aryl methyl sites for hydroxylation is 1. The molecular weight excluding hydrogens is 286 g/mol. The Morgan fingerprint density at radius 2 is 1.81 bits per heavy atom. The van der Waals surface area contributed by atoms with Crippen LogP contribution >= 0.6 is 0 Å². The lowest BCUT2D eigenvalue weighted by Crippen LogP contribution is -2.14. The second-order valence-corrected chi connectivity index (χ2v) is 5.98. The van der Waals surface area contributed by atoms with Crippen LogP contribution in [0, 0.1) is 6.92 Å². The number of carbonyl (C=O) groups is 1. The van der Waals surface area contributed by atoms with Gasteiger partial charge in [0.2, 0.25) is 0 Å². The molecule has 2 aromatic rings. The van der Waals surface area contributed by atoms with Gasteiger partial charge < -0.3 is 4.74 Å². The molecule has 0 aliphatic heterocycles. The summed E-state index contributed by atoms with van der Waals surface area (Å²) < 4.78 is 16.8.